The SMILES string of the molecule is CCSc1ccc(Cl)cc1C(=O)N1CCC(NCC2CC2)CC1. The number of rotatable bonds is 6. The van der Waals surface area contributed by atoms with Crippen molar-refractivity contribution in [3.63, 3.8) is 0 Å². The molecule has 0 bridgehead atoms. The molecule has 23 heavy (non-hydrogen) atoms. The summed E-state index contributed by atoms with van der Waals surface area (Å²) >= 11 is 7.81. The molecule has 1 amide bonds. The van der Waals surface area contributed by atoms with Crippen molar-refractivity contribution in [2.75, 3.05) is 25.4 Å². The summed E-state index contributed by atoms with van der Waals surface area (Å²) in [6.45, 7) is 4.93. The number of piperidine rings is 1. The first-order valence-corrected chi connectivity index (χ1v) is 9.98. The first-order chi connectivity index (χ1) is 11.2. The fraction of sp³-hybridized carbons (Fsp3) is 0.611. The van der Waals surface area contributed by atoms with Crippen LogP contribution in [0.1, 0.15) is 43.0 Å². The molecule has 1 N–H and O–H groups in total. The lowest BCUT2D eigenvalue weighted by Gasteiger charge is -2.33. The Bertz CT molecular complexity index is 554. The molecule has 1 aromatic rings. The number of amides is 1. The van der Waals surface area contributed by atoms with Gasteiger partial charge in [-0.1, -0.05) is 18.5 Å². The highest BCUT2D eigenvalue weighted by Gasteiger charge is 2.27. The fourth-order valence-electron chi connectivity index (χ4n) is 3.06. The molecule has 0 radical (unpaired) electrons. The number of nitrogens with zero attached hydrogens (tertiary/aromatic N) is 1. The number of hydrogen-bond acceptors (Lipinski definition) is 3. The number of nitrogens with one attached hydrogen (secondary N) is 1. The monoisotopic (exact) mass is 352 g/mol. The van der Waals surface area contributed by atoms with Crippen LogP contribution in [0.25, 0.3) is 0 Å². The third kappa shape index (κ3) is 4.65. The summed E-state index contributed by atoms with van der Waals surface area (Å²) in [6.07, 6.45) is 4.87. The third-order valence-corrected chi connectivity index (χ3v) is 5.84. The summed E-state index contributed by atoms with van der Waals surface area (Å²) in [5, 5.41) is 4.29. The van der Waals surface area contributed by atoms with Gasteiger partial charge in [-0.25, -0.2) is 0 Å². The van der Waals surface area contributed by atoms with Crippen LogP contribution in [-0.2, 0) is 0 Å². The van der Waals surface area contributed by atoms with Gasteiger partial charge in [0.05, 0.1) is 5.56 Å². The Morgan fingerprint density at radius 2 is 2.04 bits per heavy atom. The van der Waals surface area contributed by atoms with Gasteiger partial charge in [-0.2, -0.15) is 0 Å². The van der Waals surface area contributed by atoms with E-state index in [1.807, 2.05) is 23.1 Å². The van der Waals surface area contributed by atoms with Crippen LogP contribution < -0.4 is 5.32 Å². The van der Waals surface area contributed by atoms with E-state index in [9.17, 15) is 4.79 Å². The minimum Gasteiger partial charge on any atom is -0.338 e. The van der Waals surface area contributed by atoms with Crippen molar-refractivity contribution >= 4 is 29.3 Å². The summed E-state index contributed by atoms with van der Waals surface area (Å²) in [5.41, 5.74) is 0.758. The number of likely N-dealkylation sites (tertiary alicyclic amines) is 1. The van der Waals surface area contributed by atoms with Gasteiger partial charge >= 0.3 is 0 Å². The van der Waals surface area contributed by atoms with E-state index in [1.165, 1.54) is 12.8 Å². The van der Waals surface area contributed by atoms with Crippen LogP contribution in [0, 0.1) is 5.92 Å². The third-order valence-electron chi connectivity index (χ3n) is 4.65. The zero-order chi connectivity index (χ0) is 16.2. The van der Waals surface area contributed by atoms with E-state index in [0.29, 0.717) is 11.1 Å². The molecule has 2 fully saturated rings. The summed E-state index contributed by atoms with van der Waals surface area (Å²) in [6, 6.07) is 6.22. The van der Waals surface area contributed by atoms with E-state index in [1.54, 1.807) is 11.8 Å². The number of thioether (sulfide) groups is 1. The minimum absolute atomic E-state index is 0.129. The molecule has 5 heteroatoms. The summed E-state index contributed by atoms with van der Waals surface area (Å²) in [4.78, 5) is 15.9. The molecule has 1 heterocycles. The van der Waals surface area contributed by atoms with Crippen molar-refractivity contribution in [1.29, 1.82) is 0 Å². The first-order valence-electron chi connectivity index (χ1n) is 8.62. The second-order valence-corrected chi connectivity index (χ2v) is 8.23. The van der Waals surface area contributed by atoms with Crippen molar-refractivity contribution in [2.45, 2.75) is 43.5 Å². The predicted molar refractivity (Wildman–Crippen MR) is 97.5 cm³/mol. The number of hydrogen-bond donors (Lipinski definition) is 1. The quantitative estimate of drug-likeness (QED) is 0.784. The lowest BCUT2D eigenvalue weighted by Crippen LogP contribution is -2.45. The molecule has 2 aliphatic rings. The van der Waals surface area contributed by atoms with Gasteiger partial charge in [-0.3, -0.25) is 4.79 Å². The molecule has 0 atom stereocenters. The summed E-state index contributed by atoms with van der Waals surface area (Å²) in [7, 11) is 0. The normalized spacial score (nSPS) is 19.1. The zero-order valence-corrected chi connectivity index (χ0v) is 15.3. The molecule has 0 unspecified atom stereocenters. The molecule has 0 aromatic heterocycles. The molecular formula is C18H25ClN2OS. The first kappa shape index (κ1) is 17.1. The lowest BCUT2D eigenvalue weighted by atomic mass is 10.0. The lowest BCUT2D eigenvalue weighted by molar-refractivity contribution is 0.0701. The van der Waals surface area contributed by atoms with Crippen LogP contribution in [0.15, 0.2) is 23.1 Å². The van der Waals surface area contributed by atoms with Gasteiger partial charge < -0.3 is 10.2 Å². The van der Waals surface area contributed by atoms with Gasteiger partial charge in [-0.05, 0) is 62.1 Å². The van der Waals surface area contributed by atoms with E-state index in [-0.39, 0.29) is 5.91 Å². The second kappa shape index (κ2) is 7.91. The van der Waals surface area contributed by atoms with E-state index in [2.05, 4.69) is 12.2 Å². The molecule has 1 saturated carbocycles. The van der Waals surface area contributed by atoms with Gasteiger partial charge in [-0.15, -0.1) is 11.8 Å². The molecule has 1 aliphatic carbocycles. The Kier molecular flexibility index (Phi) is 5.89. The average molecular weight is 353 g/mol. The van der Waals surface area contributed by atoms with Crippen LogP contribution in [0.2, 0.25) is 5.02 Å². The Morgan fingerprint density at radius 1 is 1.30 bits per heavy atom. The van der Waals surface area contributed by atoms with E-state index >= 15 is 0 Å². The maximum Gasteiger partial charge on any atom is 0.255 e. The Labute approximate surface area is 148 Å². The van der Waals surface area contributed by atoms with Crippen molar-refractivity contribution in [3.8, 4) is 0 Å². The van der Waals surface area contributed by atoms with E-state index in [4.69, 9.17) is 11.6 Å². The molecule has 3 rings (SSSR count). The highest BCUT2D eigenvalue weighted by atomic mass is 35.5. The van der Waals surface area contributed by atoms with E-state index in [0.717, 1.165) is 54.6 Å². The maximum atomic E-state index is 12.9. The van der Waals surface area contributed by atoms with E-state index < -0.39 is 0 Å². The number of carbonyl (C=O) groups is 1. The van der Waals surface area contributed by atoms with Gasteiger partial charge in [0, 0.05) is 29.0 Å². The fourth-order valence-corrected chi connectivity index (χ4v) is 4.01. The van der Waals surface area contributed by atoms with Crippen LogP contribution in [-0.4, -0.2) is 42.2 Å². The molecule has 1 aliphatic heterocycles. The van der Waals surface area contributed by atoms with Gasteiger partial charge in [0.25, 0.3) is 5.91 Å². The second-order valence-electron chi connectivity index (χ2n) is 6.49. The Hall–Kier alpha value is -0.710. The zero-order valence-electron chi connectivity index (χ0n) is 13.7. The number of carbonyl (C=O) groups excluding carboxylic acids is 1. The smallest absolute Gasteiger partial charge is 0.255 e. The van der Waals surface area contributed by atoms with Crippen molar-refractivity contribution in [2.24, 2.45) is 5.92 Å². The van der Waals surface area contributed by atoms with Gasteiger partial charge in [0.2, 0.25) is 0 Å². The molecule has 3 nitrogen and oxygen atoms in total. The largest absolute Gasteiger partial charge is 0.338 e. The van der Waals surface area contributed by atoms with Crippen LogP contribution >= 0.6 is 23.4 Å². The van der Waals surface area contributed by atoms with Crippen LogP contribution in [0.4, 0.5) is 0 Å². The van der Waals surface area contributed by atoms with Crippen molar-refractivity contribution in [1.82, 2.24) is 10.2 Å². The summed E-state index contributed by atoms with van der Waals surface area (Å²) < 4.78 is 0. The molecule has 126 valence electrons. The topological polar surface area (TPSA) is 32.3 Å². The average Bonchev–Trinajstić information content (AvgIpc) is 3.39. The Balaban J connectivity index is 1.59. The van der Waals surface area contributed by atoms with Gasteiger partial charge in [0.1, 0.15) is 0 Å². The van der Waals surface area contributed by atoms with Crippen molar-refractivity contribution in [3.05, 3.63) is 28.8 Å². The van der Waals surface area contributed by atoms with Gasteiger partial charge in [0.15, 0.2) is 0 Å². The highest BCUT2D eigenvalue weighted by Crippen LogP contribution is 2.29. The highest BCUT2D eigenvalue weighted by molar-refractivity contribution is 7.99. The molecular weight excluding hydrogens is 328 g/mol. The minimum atomic E-state index is 0.129. The summed E-state index contributed by atoms with van der Waals surface area (Å²) in [5.74, 6) is 1.99. The van der Waals surface area contributed by atoms with Crippen molar-refractivity contribution < 1.29 is 4.79 Å². The molecule has 0 spiro atoms. The predicted octanol–water partition coefficient (Wildman–Crippen LogP) is 4.06. The molecule has 1 saturated heterocycles. The number of benzene rings is 1. The van der Waals surface area contributed by atoms with Crippen LogP contribution in [0.5, 0.6) is 0 Å². The van der Waals surface area contributed by atoms with Crippen LogP contribution in [0.3, 0.4) is 0 Å². The molecule has 1 aromatic carbocycles. The number of halogens is 1. The maximum absolute atomic E-state index is 12.9. The Morgan fingerprint density at radius 3 is 2.70 bits per heavy atom. The standard InChI is InChI=1S/C18H25ClN2OS/c1-2-23-17-6-5-14(19)11-16(17)18(22)21-9-7-15(8-10-21)20-12-13-3-4-13/h5-6,11,13,15,20H,2-4,7-10,12H2,1H3.